The van der Waals surface area contributed by atoms with Crippen molar-refractivity contribution in [2.24, 2.45) is 0 Å². The highest BCUT2D eigenvalue weighted by molar-refractivity contribution is 7.89. The van der Waals surface area contributed by atoms with E-state index in [0.29, 0.717) is 30.4 Å². The number of ether oxygens (including phenoxy) is 2. The molecule has 1 heterocycles. The summed E-state index contributed by atoms with van der Waals surface area (Å²) in [6.45, 7) is 1.03. The van der Waals surface area contributed by atoms with Crippen LogP contribution in [0, 0.1) is 0 Å². The van der Waals surface area contributed by atoms with E-state index in [9.17, 15) is 13.2 Å². The molecule has 1 aliphatic heterocycles. The summed E-state index contributed by atoms with van der Waals surface area (Å²) < 4.78 is 37.5. The van der Waals surface area contributed by atoms with Crippen molar-refractivity contribution < 1.29 is 22.7 Å². The number of sulfonamides is 1. The molecule has 8 heteroatoms. The van der Waals surface area contributed by atoms with Crippen LogP contribution in [0.2, 0.25) is 0 Å². The van der Waals surface area contributed by atoms with Gasteiger partial charge in [-0.2, -0.15) is 0 Å². The van der Waals surface area contributed by atoms with Gasteiger partial charge in [-0.25, -0.2) is 13.1 Å². The normalized spacial score (nSPS) is 16.2. The van der Waals surface area contributed by atoms with Crippen LogP contribution in [-0.4, -0.2) is 34.6 Å². The average molecular weight is 465 g/mol. The number of benzene rings is 3. The molecule has 2 N–H and O–H groups in total. The number of anilines is 1. The molecule has 1 amide bonds. The zero-order valence-corrected chi connectivity index (χ0v) is 18.9. The molecule has 3 aromatic carbocycles. The fourth-order valence-corrected chi connectivity index (χ4v) is 4.81. The Morgan fingerprint density at radius 2 is 1.61 bits per heavy atom. The van der Waals surface area contributed by atoms with Gasteiger partial charge in [-0.15, -0.1) is 0 Å². The third-order valence-electron chi connectivity index (χ3n) is 6.17. The van der Waals surface area contributed by atoms with E-state index in [1.165, 1.54) is 7.05 Å². The van der Waals surface area contributed by atoms with Gasteiger partial charge in [-0.05, 0) is 73.0 Å². The minimum Gasteiger partial charge on any atom is -0.486 e. The van der Waals surface area contributed by atoms with Gasteiger partial charge >= 0.3 is 0 Å². The number of carbonyl (C=O) groups is 1. The minimum absolute atomic E-state index is 0.0493. The number of hydrogen-bond acceptors (Lipinski definition) is 5. The van der Waals surface area contributed by atoms with Gasteiger partial charge in [-0.3, -0.25) is 4.79 Å². The molecule has 0 unspecified atom stereocenters. The third-order valence-corrected chi connectivity index (χ3v) is 7.60. The molecule has 170 valence electrons. The molecule has 1 fully saturated rings. The highest BCUT2D eigenvalue weighted by Gasteiger charge is 2.51. The van der Waals surface area contributed by atoms with Crippen molar-refractivity contribution in [2.75, 3.05) is 25.6 Å². The van der Waals surface area contributed by atoms with Crippen molar-refractivity contribution in [3.8, 4) is 22.6 Å². The summed E-state index contributed by atoms with van der Waals surface area (Å²) in [5, 5.41) is 3.06. The van der Waals surface area contributed by atoms with Crippen LogP contribution < -0.4 is 19.5 Å². The molecule has 0 atom stereocenters. The average Bonchev–Trinajstić information content (AvgIpc) is 3.66. The standard InChI is InChI=1S/C25H24N2O5S/c1-26-33(29,30)21-8-5-17(6-9-21)18-3-2-4-20(15-18)27-24(28)25(11-12-25)19-7-10-22-23(16-19)32-14-13-31-22/h2-10,15-16,26H,11-14H2,1H3,(H,27,28). The molecule has 0 aromatic heterocycles. The summed E-state index contributed by atoms with van der Waals surface area (Å²) >= 11 is 0. The monoisotopic (exact) mass is 464 g/mol. The second kappa shape index (κ2) is 8.20. The van der Waals surface area contributed by atoms with Gasteiger partial charge in [-0.1, -0.05) is 30.3 Å². The molecule has 7 nitrogen and oxygen atoms in total. The highest BCUT2D eigenvalue weighted by Crippen LogP contribution is 2.51. The lowest BCUT2D eigenvalue weighted by Crippen LogP contribution is -2.28. The van der Waals surface area contributed by atoms with Crippen molar-refractivity contribution in [2.45, 2.75) is 23.2 Å². The Morgan fingerprint density at radius 3 is 2.30 bits per heavy atom. The molecule has 1 aliphatic carbocycles. The predicted molar refractivity (Wildman–Crippen MR) is 125 cm³/mol. The van der Waals surface area contributed by atoms with Gasteiger partial charge in [0.15, 0.2) is 11.5 Å². The molecule has 0 bridgehead atoms. The third kappa shape index (κ3) is 4.07. The Kier molecular flexibility index (Phi) is 5.34. The molecule has 3 aromatic rings. The van der Waals surface area contributed by atoms with E-state index in [1.807, 2.05) is 42.5 Å². The van der Waals surface area contributed by atoms with Gasteiger partial charge in [0.2, 0.25) is 15.9 Å². The molecule has 0 saturated heterocycles. The summed E-state index contributed by atoms with van der Waals surface area (Å²) in [6.07, 6.45) is 1.55. The van der Waals surface area contributed by atoms with Crippen LogP contribution in [0.25, 0.3) is 11.1 Å². The second-order valence-electron chi connectivity index (χ2n) is 8.21. The Bertz CT molecular complexity index is 1310. The first-order valence-electron chi connectivity index (χ1n) is 10.8. The van der Waals surface area contributed by atoms with E-state index in [-0.39, 0.29) is 10.8 Å². The maximum atomic E-state index is 13.2. The van der Waals surface area contributed by atoms with E-state index >= 15 is 0 Å². The fourth-order valence-electron chi connectivity index (χ4n) is 4.08. The van der Waals surface area contributed by atoms with Crippen LogP contribution in [0.15, 0.2) is 71.6 Å². The van der Waals surface area contributed by atoms with Crippen LogP contribution in [-0.2, 0) is 20.2 Å². The maximum Gasteiger partial charge on any atom is 0.240 e. The lowest BCUT2D eigenvalue weighted by Gasteiger charge is -2.21. The Morgan fingerprint density at radius 1 is 0.879 bits per heavy atom. The second-order valence-corrected chi connectivity index (χ2v) is 10.1. The van der Waals surface area contributed by atoms with Crippen LogP contribution in [0.5, 0.6) is 11.5 Å². The zero-order chi connectivity index (χ0) is 23.1. The van der Waals surface area contributed by atoms with E-state index < -0.39 is 15.4 Å². The van der Waals surface area contributed by atoms with Crippen molar-refractivity contribution >= 4 is 21.6 Å². The summed E-state index contributed by atoms with van der Waals surface area (Å²) in [7, 11) is -2.10. The first kappa shape index (κ1) is 21.5. The lowest BCUT2D eigenvalue weighted by atomic mass is 9.94. The van der Waals surface area contributed by atoms with E-state index in [4.69, 9.17) is 9.47 Å². The van der Waals surface area contributed by atoms with Crippen LogP contribution in [0.4, 0.5) is 5.69 Å². The quantitative estimate of drug-likeness (QED) is 0.580. The number of amides is 1. The lowest BCUT2D eigenvalue weighted by molar-refractivity contribution is -0.118. The Hall–Kier alpha value is -3.36. The van der Waals surface area contributed by atoms with Crippen molar-refractivity contribution in [1.82, 2.24) is 4.72 Å². The Balaban J connectivity index is 1.35. The summed E-state index contributed by atoms with van der Waals surface area (Å²) in [4.78, 5) is 13.4. The van der Waals surface area contributed by atoms with E-state index in [0.717, 1.165) is 29.5 Å². The molecule has 2 aliphatic rings. The molecular weight excluding hydrogens is 440 g/mol. The van der Waals surface area contributed by atoms with Crippen LogP contribution in [0.3, 0.4) is 0 Å². The number of rotatable bonds is 6. The van der Waals surface area contributed by atoms with Gasteiger partial charge in [0.1, 0.15) is 13.2 Å². The highest BCUT2D eigenvalue weighted by atomic mass is 32.2. The van der Waals surface area contributed by atoms with Gasteiger partial charge in [0.25, 0.3) is 0 Å². The van der Waals surface area contributed by atoms with Crippen LogP contribution in [0.1, 0.15) is 18.4 Å². The number of hydrogen-bond donors (Lipinski definition) is 2. The first-order chi connectivity index (χ1) is 15.9. The van der Waals surface area contributed by atoms with Gasteiger partial charge < -0.3 is 14.8 Å². The molecule has 0 radical (unpaired) electrons. The van der Waals surface area contributed by atoms with E-state index in [1.54, 1.807) is 24.3 Å². The first-order valence-corrected chi connectivity index (χ1v) is 12.3. The topological polar surface area (TPSA) is 93.7 Å². The fraction of sp³-hybridized carbons (Fsp3) is 0.240. The summed E-state index contributed by atoms with van der Waals surface area (Å²) in [6, 6.07) is 19.9. The molecule has 5 rings (SSSR count). The van der Waals surface area contributed by atoms with E-state index in [2.05, 4.69) is 10.0 Å². The number of fused-ring (bicyclic) bond motifs is 1. The number of carbonyl (C=O) groups excluding carboxylic acids is 1. The Labute approximate surface area is 192 Å². The molecule has 33 heavy (non-hydrogen) atoms. The maximum absolute atomic E-state index is 13.2. The largest absolute Gasteiger partial charge is 0.486 e. The molecule has 1 saturated carbocycles. The minimum atomic E-state index is -3.49. The SMILES string of the molecule is CNS(=O)(=O)c1ccc(-c2cccc(NC(=O)C3(c4ccc5c(c4)OCCO5)CC3)c2)cc1. The summed E-state index contributed by atoms with van der Waals surface area (Å²) in [5.74, 6) is 1.35. The predicted octanol–water partition coefficient (Wildman–Crippen LogP) is 3.70. The van der Waals surface area contributed by atoms with Crippen molar-refractivity contribution in [3.05, 3.63) is 72.3 Å². The van der Waals surface area contributed by atoms with Crippen molar-refractivity contribution in [3.63, 3.8) is 0 Å². The smallest absolute Gasteiger partial charge is 0.240 e. The number of nitrogens with one attached hydrogen (secondary N) is 2. The van der Waals surface area contributed by atoms with Crippen LogP contribution >= 0.6 is 0 Å². The zero-order valence-electron chi connectivity index (χ0n) is 18.1. The molecule has 0 spiro atoms. The molecular formula is C25H24N2O5S. The summed E-state index contributed by atoms with van der Waals surface area (Å²) in [5.41, 5.74) is 2.80. The van der Waals surface area contributed by atoms with Crippen molar-refractivity contribution in [1.29, 1.82) is 0 Å². The van der Waals surface area contributed by atoms with Gasteiger partial charge in [0.05, 0.1) is 10.3 Å². The van der Waals surface area contributed by atoms with Gasteiger partial charge in [0, 0.05) is 5.69 Å².